The molecule has 0 bridgehead atoms. The van der Waals surface area contributed by atoms with Crippen LogP contribution in [0.25, 0.3) is 0 Å². The van der Waals surface area contributed by atoms with E-state index in [4.69, 9.17) is 14.2 Å². The first-order valence-electron chi connectivity index (χ1n) is 36.4. The van der Waals surface area contributed by atoms with Crippen molar-refractivity contribution in [1.82, 2.24) is 0 Å². The van der Waals surface area contributed by atoms with Gasteiger partial charge in [-0.1, -0.05) is 344 Å². The number of allylic oxidation sites excluding steroid dienone is 12. The van der Waals surface area contributed by atoms with Gasteiger partial charge in [0.1, 0.15) is 13.2 Å². The van der Waals surface area contributed by atoms with Gasteiger partial charge < -0.3 is 14.2 Å². The Morgan fingerprint density at radius 3 is 0.747 bits per heavy atom. The van der Waals surface area contributed by atoms with Crippen LogP contribution in [-0.4, -0.2) is 37.2 Å². The molecule has 0 saturated carbocycles. The first-order valence-corrected chi connectivity index (χ1v) is 36.4. The van der Waals surface area contributed by atoms with Crippen LogP contribution in [0.15, 0.2) is 72.9 Å². The van der Waals surface area contributed by atoms with E-state index < -0.39 is 6.10 Å². The number of hydrogen-bond donors (Lipinski definition) is 0. The largest absolute Gasteiger partial charge is 0.462 e. The number of carbonyl (C=O) groups is 3. The highest BCUT2D eigenvalue weighted by molar-refractivity contribution is 5.71. The predicted octanol–water partition coefficient (Wildman–Crippen LogP) is 25.2. The fraction of sp³-hybridized carbons (Fsp3) is 0.805. The summed E-state index contributed by atoms with van der Waals surface area (Å²) in [7, 11) is 0. The Labute approximate surface area is 516 Å². The molecule has 0 aliphatic carbocycles. The predicted molar refractivity (Wildman–Crippen MR) is 362 cm³/mol. The van der Waals surface area contributed by atoms with E-state index in [0.717, 1.165) is 96.3 Å². The van der Waals surface area contributed by atoms with Gasteiger partial charge in [-0.15, -0.1) is 0 Å². The number of rotatable bonds is 67. The Balaban J connectivity index is 3.93. The second-order valence-corrected chi connectivity index (χ2v) is 24.5. The molecule has 0 aliphatic heterocycles. The van der Waals surface area contributed by atoms with Crippen LogP contribution in [-0.2, 0) is 28.6 Å². The molecule has 0 spiro atoms. The van der Waals surface area contributed by atoms with Gasteiger partial charge in [-0.3, -0.25) is 14.4 Å². The van der Waals surface area contributed by atoms with Gasteiger partial charge in [0.05, 0.1) is 0 Å². The SMILES string of the molecule is CC/C=C\C/C=C\C/C=C\C/C=C\C/C=C\CCCCCCCCCCCCCCCCCC(=O)OCC(COC(=O)CCCCCCC)OC(=O)CCCCCCCCCCCCCCCCCCC/C=C\CCCCCCCCCC. The van der Waals surface area contributed by atoms with Gasteiger partial charge in [-0.2, -0.15) is 0 Å². The molecule has 0 aromatic carbocycles. The quantitative estimate of drug-likeness (QED) is 0.0261. The van der Waals surface area contributed by atoms with Crippen molar-refractivity contribution in [1.29, 1.82) is 0 Å². The van der Waals surface area contributed by atoms with Crippen LogP contribution in [0.3, 0.4) is 0 Å². The molecule has 6 heteroatoms. The number of ether oxygens (including phenoxy) is 3. The molecular weight excluding hydrogens is 1020 g/mol. The Kier molecular flexibility index (Phi) is 68.6. The summed E-state index contributed by atoms with van der Waals surface area (Å²) in [6.07, 6.45) is 94.3. The van der Waals surface area contributed by atoms with Crippen molar-refractivity contribution in [2.45, 2.75) is 386 Å². The molecule has 83 heavy (non-hydrogen) atoms. The van der Waals surface area contributed by atoms with Crippen molar-refractivity contribution in [2.24, 2.45) is 0 Å². The lowest BCUT2D eigenvalue weighted by Crippen LogP contribution is -2.30. The zero-order valence-corrected chi connectivity index (χ0v) is 55.5. The van der Waals surface area contributed by atoms with Crippen LogP contribution in [0.5, 0.6) is 0 Å². The molecule has 0 fully saturated rings. The van der Waals surface area contributed by atoms with E-state index in [1.54, 1.807) is 0 Å². The summed E-state index contributed by atoms with van der Waals surface area (Å²) in [6, 6.07) is 0. The molecule has 0 aromatic heterocycles. The molecule has 0 N–H and O–H groups in total. The summed E-state index contributed by atoms with van der Waals surface area (Å²) < 4.78 is 16.8. The lowest BCUT2D eigenvalue weighted by Gasteiger charge is -2.18. The van der Waals surface area contributed by atoms with Crippen LogP contribution in [0.2, 0.25) is 0 Å². The minimum absolute atomic E-state index is 0.0707. The van der Waals surface area contributed by atoms with Gasteiger partial charge in [-0.05, 0) is 89.9 Å². The van der Waals surface area contributed by atoms with E-state index in [1.165, 1.54) is 244 Å². The summed E-state index contributed by atoms with van der Waals surface area (Å²) in [4.78, 5) is 38.1. The van der Waals surface area contributed by atoms with E-state index in [-0.39, 0.29) is 31.1 Å². The Morgan fingerprint density at radius 2 is 0.470 bits per heavy atom. The van der Waals surface area contributed by atoms with Crippen LogP contribution in [0, 0.1) is 0 Å². The van der Waals surface area contributed by atoms with Crippen LogP contribution < -0.4 is 0 Å². The van der Waals surface area contributed by atoms with Gasteiger partial charge in [-0.25, -0.2) is 0 Å². The van der Waals surface area contributed by atoms with Gasteiger partial charge in [0.2, 0.25) is 0 Å². The number of esters is 3. The fourth-order valence-corrected chi connectivity index (χ4v) is 10.8. The maximum atomic E-state index is 12.9. The number of unbranched alkanes of at least 4 members (excludes halogenated alkanes) is 44. The summed E-state index contributed by atoms with van der Waals surface area (Å²) in [5.74, 6) is -0.864. The number of hydrogen-bond acceptors (Lipinski definition) is 6. The molecule has 1 unspecified atom stereocenters. The molecule has 6 nitrogen and oxygen atoms in total. The van der Waals surface area contributed by atoms with Crippen LogP contribution >= 0.6 is 0 Å². The molecule has 0 aromatic rings. The highest BCUT2D eigenvalue weighted by atomic mass is 16.6. The molecule has 482 valence electrons. The number of carbonyl (C=O) groups excluding carboxylic acids is 3. The summed E-state index contributed by atoms with van der Waals surface area (Å²) in [6.45, 7) is 6.50. The van der Waals surface area contributed by atoms with E-state index in [0.29, 0.717) is 19.3 Å². The maximum Gasteiger partial charge on any atom is 0.306 e. The lowest BCUT2D eigenvalue weighted by atomic mass is 10.0. The van der Waals surface area contributed by atoms with Crippen molar-refractivity contribution >= 4 is 17.9 Å². The van der Waals surface area contributed by atoms with Crippen molar-refractivity contribution < 1.29 is 28.6 Å². The minimum Gasteiger partial charge on any atom is -0.462 e. The average molecular weight is 1160 g/mol. The first kappa shape index (κ1) is 79.8. The van der Waals surface area contributed by atoms with Crippen molar-refractivity contribution in [3.05, 3.63) is 72.9 Å². The van der Waals surface area contributed by atoms with Crippen molar-refractivity contribution in [3.63, 3.8) is 0 Å². The maximum absolute atomic E-state index is 12.9. The standard InChI is InChI=1S/C77H138O6/c1-4-7-10-13-15-17-19-21-23-25-27-29-31-33-35-37-38-40-41-43-45-47-49-51-53-55-57-59-61-64-67-70-76(79)82-73-74(72-81-75(78)69-66-63-12-9-6-3)83-77(80)71-68-65-62-60-58-56-54-52-50-48-46-44-42-39-36-34-32-30-28-26-24-22-20-18-16-14-11-8-5-2/h7,10,15,17,21,23,26-29,33,35,74H,4-6,8-9,11-14,16,18-20,22,24-25,30-32,34,36-73H2,1-3H3/b10-7-,17-15-,23-21-,28-26-,29-27-,35-33-. The van der Waals surface area contributed by atoms with Gasteiger partial charge in [0.15, 0.2) is 6.10 Å². The zero-order chi connectivity index (χ0) is 59.9. The molecule has 0 amide bonds. The summed E-state index contributed by atoms with van der Waals surface area (Å²) in [5.41, 5.74) is 0. The third kappa shape index (κ3) is 69.5. The Bertz CT molecular complexity index is 1520. The van der Waals surface area contributed by atoms with E-state index in [2.05, 4.69) is 93.7 Å². The molecule has 0 saturated heterocycles. The fourth-order valence-electron chi connectivity index (χ4n) is 10.8. The zero-order valence-electron chi connectivity index (χ0n) is 55.5. The molecule has 0 rings (SSSR count). The van der Waals surface area contributed by atoms with E-state index in [1.807, 2.05) is 0 Å². The average Bonchev–Trinajstić information content (AvgIpc) is 3.49. The normalized spacial score (nSPS) is 12.5. The van der Waals surface area contributed by atoms with Gasteiger partial charge in [0.25, 0.3) is 0 Å². The third-order valence-corrected chi connectivity index (χ3v) is 16.2. The van der Waals surface area contributed by atoms with Crippen LogP contribution in [0.1, 0.15) is 380 Å². The van der Waals surface area contributed by atoms with Gasteiger partial charge >= 0.3 is 17.9 Å². The smallest absolute Gasteiger partial charge is 0.306 e. The second kappa shape index (κ2) is 71.3. The van der Waals surface area contributed by atoms with Crippen molar-refractivity contribution in [2.75, 3.05) is 13.2 Å². The molecule has 0 aliphatic rings. The first-order chi connectivity index (χ1) is 41.0. The van der Waals surface area contributed by atoms with E-state index in [9.17, 15) is 14.4 Å². The molecule has 0 heterocycles. The summed E-state index contributed by atoms with van der Waals surface area (Å²) in [5, 5.41) is 0. The second-order valence-electron chi connectivity index (χ2n) is 24.5. The Morgan fingerprint density at radius 1 is 0.253 bits per heavy atom. The monoisotopic (exact) mass is 1160 g/mol. The highest BCUT2D eigenvalue weighted by Gasteiger charge is 2.19. The molecule has 0 radical (unpaired) electrons. The molecular formula is C77H138O6. The minimum atomic E-state index is -0.770. The topological polar surface area (TPSA) is 78.9 Å². The van der Waals surface area contributed by atoms with E-state index >= 15 is 0 Å². The lowest BCUT2D eigenvalue weighted by molar-refractivity contribution is -0.167. The third-order valence-electron chi connectivity index (χ3n) is 16.2. The highest BCUT2D eigenvalue weighted by Crippen LogP contribution is 2.18. The van der Waals surface area contributed by atoms with Crippen LogP contribution in [0.4, 0.5) is 0 Å². The summed E-state index contributed by atoms with van der Waals surface area (Å²) >= 11 is 0. The molecule has 1 atom stereocenters. The van der Waals surface area contributed by atoms with Gasteiger partial charge in [0, 0.05) is 19.3 Å². The Hall–Kier alpha value is -3.15. The van der Waals surface area contributed by atoms with Crippen molar-refractivity contribution in [3.8, 4) is 0 Å².